The standard InChI is InChI=1S/C17H25ClN2O4S/c1-3-4-13-5-6-15(18)16(11-13)25(23,24)20-9-7-14(8-10-20)19(2)12-17(21)22/h5-6,11,14H,3-4,7-10,12H2,1-2H3,(H,21,22). The minimum atomic E-state index is -3.64. The van der Waals surface area contributed by atoms with Gasteiger partial charge in [0.1, 0.15) is 4.90 Å². The number of piperidine rings is 1. The SMILES string of the molecule is CCCc1ccc(Cl)c(S(=O)(=O)N2CCC(N(C)CC(=O)O)CC2)c1. The number of hydrogen-bond donors (Lipinski definition) is 1. The highest BCUT2D eigenvalue weighted by Gasteiger charge is 2.32. The zero-order valence-electron chi connectivity index (χ0n) is 14.6. The number of hydrogen-bond acceptors (Lipinski definition) is 4. The minimum absolute atomic E-state index is 0.0394. The van der Waals surface area contributed by atoms with Gasteiger partial charge in [0.05, 0.1) is 11.6 Å². The molecule has 1 heterocycles. The van der Waals surface area contributed by atoms with E-state index in [1.807, 2.05) is 13.0 Å². The van der Waals surface area contributed by atoms with Crippen molar-refractivity contribution in [3.8, 4) is 0 Å². The molecule has 140 valence electrons. The fourth-order valence-electron chi connectivity index (χ4n) is 3.19. The molecule has 1 fully saturated rings. The van der Waals surface area contributed by atoms with Crippen LogP contribution in [0, 0.1) is 0 Å². The first-order valence-corrected chi connectivity index (χ1v) is 10.3. The summed E-state index contributed by atoms with van der Waals surface area (Å²) < 4.78 is 27.4. The van der Waals surface area contributed by atoms with E-state index >= 15 is 0 Å². The van der Waals surface area contributed by atoms with Crippen LogP contribution < -0.4 is 0 Å². The molecular weight excluding hydrogens is 364 g/mol. The fourth-order valence-corrected chi connectivity index (χ4v) is 5.19. The Labute approximate surface area is 154 Å². The molecule has 1 N–H and O–H groups in total. The van der Waals surface area contributed by atoms with E-state index in [-0.39, 0.29) is 22.5 Å². The molecule has 1 aliphatic rings. The van der Waals surface area contributed by atoms with Crippen molar-refractivity contribution in [3.63, 3.8) is 0 Å². The molecule has 1 aliphatic heterocycles. The van der Waals surface area contributed by atoms with E-state index in [9.17, 15) is 13.2 Å². The van der Waals surface area contributed by atoms with Crippen LogP contribution >= 0.6 is 11.6 Å². The number of rotatable bonds is 7. The first kappa shape index (κ1) is 20.2. The molecule has 1 saturated heterocycles. The van der Waals surface area contributed by atoms with Gasteiger partial charge in [0.25, 0.3) is 0 Å². The molecular formula is C17H25ClN2O4S. The highest BCUT2D eigenvalue weighted by atomic mass is 35.5. The van der Waals surface area contributed by atoms with Crippen LogP contribution in [0.1, 0.15) is 31.7 Å². The minimum Gasteiger partial charge on any atom is -0.480 e. The van der Waals surface area contributed by atoms with Crippen molar-refractivity contribution >= 4 is 27.6 Å². The van der Waals surface area contributed by atoms with Crippen molar-refractivity contribution < 1.29 is 18.3 Å². The largest absolute Gasteiger partial charge is 0.480 e. The van der Waals surface area contributed by atoms with Crippen molar-refractivity contribution in [1.82, 2.24) is 9.21 Å². The van der Waals surface area contributed by atoms with Gasteiger partial charge in [-0.1, -0.05) is 31.0 Å². The Morgan fingerprint density at radius 1 is 1.36 bits per heavy atom. The summed E-state index contributed by atoms with van der Waals surface area (Å²) in [6.07, 6.45) is 2.95. The molecule has 0 amide bonds. The Morgan fingerprint density at radius 2 is 2.00 bits per heavy atom. The van der Waals surface area contributed by atoms with Gasteiger partial charge in [-0.05, 0) is 44.0 Å². The maximum absolute atomic E-state index is 13.0. The Bertz CT molecular complexity index is 715. The van der Waals surface area contributed by atoms with Gasteiger partial charge in [0.15, 0.2) is 0 Å². The van der Waals surface area contributed by atoms with E-state index in [0.29, 0.717) is 25.9 Å². The van der Waals surface area contributed by atoms with Gasteiger partial charge in [-0.25, -0.2) is 8.42 Å². The van der Waals surface area contributed by atoms with Crippen molar-refractivity contribution in [2.75, 3.05) is 26.7 Å². The molecule has 0 spiro atoms. The molecule has 8 heteroatoms. The third-order valence-electron chi connectivity index (χ3n) is 4.58. The Kier molecular flexibility index (Phi) is 6.85. The van der Waals surface area contributed by atoms with Crippen LogP contribution in [0.15, 0.2) is 23.1 Å². The average molecular weight is 389 g/mol. The van der Waals surface area contributed by atoms with Crippen LogP contribution in [0.2, 0.25) is 5.02 Å². The van der Waals surface area contributed by atoms with E-state index in [4.69, 9.17) is 16.7 Å². The summed E-state index contributed by atoms with van der Waals surface area (Å²) in [4.78, 5) is 12.8. The molecule has 1 aromatic rings. The summed E-state index contributed by atoms with van der Waals surface area (Å²) >= 11 is 6.16. The number of halogens is 1. The summed E-state index contributed by atoms with van der Waals surface area (Å²) in [6, 6.07) is 5.25. The second-order valence-electron chi connectivity index (χ2n) is 6.46. The molecule has 0 aliphatic carbocycles. The highest BCUT2D eigenvalue weighted by Crippen LogP contribution is 2.29. The Balaban J connectivity index is 2.12. The normalized spacial score (nSPS) is 17.1. The first-order chi connectivity index (χ1) is 11.8. The Hall–Kier alpha value is -1.15. The van der Waals surface area contributed by atoms with Crippen molar-refractivity contribution in [2.24, 2.45) is 0 Å². The first-order valence-electron chi connectivity index (χ1n) is 8.46. The lowest BCUT2D eigenvalue weighted by molar-refractivity contribution is -0.138. The van der Waals surface area contributed by atoms with E-state index in [2.05, 4.69) is 0 Å². The molecule has 0 saturated carbocycles. The number of aliphatic carboxylic acids is 1. The molecule has 6 nitrogen and oxygen atoms in total. The van der Waals surface area contributed by atoms with Gasteiger partial charge in [0.2, 0.25) is 10.0 Å². The van der Waals surface area contributed by atoms with E-state index in [1.165, 1.54) is 4.31 Å². The molecule has 2 rings (SSSR count). The smallest absolute Gasteiger partial charge is 0.317 e. The van der Waals surface area contributed by atoms with E-state index in [1.54, 1.807) is 24.1 Å². The predicted molar refractivity (Wildman–Crippen MR) is 97.5 cm³/mol. The van der Waals surface area contributed by atoms with Crippen LogP contribution in [-0.2, 0) is 21.2 Å². The van der Waals surface area contributed by atoms with Crippen LogP contribution in [0.4, 0.5) is 0 Å². The second kappa shape index (κ2) is 8.49. The number of carboxylic acids is 1. The van der Waals surface area contributed by atoms with Gasteiger partial charge in [-0.3, -0.25) is 9.69 Å². The number of benzene rings is 1. The van der Waals surface area contributed by atoms with Crippen LogP contribution in [0.25, 0.3) is 0 Å². The zero-order chi connectivity index (χ0) is 18.6. The topological polar surface area (TPSA) is 77.9 Å². The third-order valence-corrected chi connectivity index (χ3v) is 6.96. The number of carbonyl (C=O) groups is 1. The van der Waals surface area contributed by atoms with Crippen LogP contribution in [0.3, 0.4) is 0 Å². The number of likely N-dealkylation sites (N-methyl/N-ethyl adjacent to an activating group) is 1. The van der Waals surface area contributed by atoms with Gasteiger partial charge >= 0.3 is 5.97 Å². The fraction of sp³-hybridized carbons (Fsp3) is 0.588. The van der Waals surface area contributed by atoms with Crippen molar-refractivity contribution in [3.05, 3.63) is 28.8 Å². The summed E-state index contributed by atoms with van der Waals surface area (Å²) in [6.45, 7) is 2.74. The van der Waals surface area contributed by atoms with Crippen molar-refractivity contribution in [2.45, 2.75) is 43.5 Å². The summed E-state index contributed by atoms with van der Waals surface area (Å²) in [7, 11) is -1.88. The van der Waals surface area contributed by atoms with Crippen molar-refractivity contribution in [1.29, 1.82) is 0 Å². The molecule has 1 aromatic carbocycles. The summed E-state index contributed by atoms with van der Waals surface area (Å²) in [5.74, 6) is -0.878. The van der Waals surface area contributed by atoms with Crippen LogP contribution in [-0.4, -0.2) is 61.4 Å². The van der Waals surface area contributed by atoms with Crippen LogP contribution in [0.5, 0.6) is 0 Å². The Morgan fingerprint density at radius 3 is 2.56 bits per heavy atom. The van der Waals surface area contributed by atoms with Gasteiger partial charge < -0.3 is 5.11 Å². The van der Waals surface area contributed by atoms with Gasteiger partial charge in [-0.2, -0.15) is 4.31 Å². The van der Waals surface area contributed by atoms with Gasteiger partial charge in [-0.15, -0.1) is 0 Å². The summed E-state index contributed by atoms with van der Waals surface area (Å²) in [5, 5.41) is 9.12. The lowest BCUT2D eigenvalue weighted by Crippen LogP contribution is -2.46. The predicted octanol–water partition coefficient (Wildman–Crippen LogP) is 2.46. The quantitative estimate of drug-likeness (QED) is 0.776. The number of carboxylic acid groups (broad SMARTS) is 1. The van der Waals surface area contributed by atoms with E-state index in [0.717, 1.165) is 18.4 Å². The molecule has 25 heavy (non-hydrogen) atoms. The lowest BCUT2D eigenvalue weighted by Gasteiger charge is -2.35. The number of nitrogens with zero attached hydrogens (tertiary/aromatic N) is 2. The van der Waals surface area contributed by atoms with E-state index < -0.39 is 16.0 Å². The number of sulfonamides is 1. The van der Waals surface area contributed by atoms with Gasteiger partial charge in [0, 0.05) is 19.1 Å². The molecule has 0 radical (unpaired) electrons. The monoisotopic (exact) mass is 388 g/mol. The third kappa shape index (κ3) is 4.94. The lowest BCUT2D eigenvalue weighted by atomic mass is 10.1. The zero-order valence-corrected chi connectivity index (χ0v) is 16.2. The second-order valence-corrected chi connectivity index (χ2v) is 8.77. The highest BCUT2D eigenvalue weighted by molar-refractivity contribution is 7.89. The maximum Gasteiger partial charge on any atom is 0.317 e. The molecule has 0 unspecified atom stereocenters. The molecule has 0 bridgehead atoms. The molecule has 0 aromatic heterocycles. The summed E-state index contributed by atoms with van der Waals surface area (Å²) in [5.41, 5.74) is 0.960. The number of aryl methyl sites for hydroxylation is 1. The molecule has 0 atom stereocenters. The maximum atomic E-state index is 13.0. The average Bonchev–Trinajstić information content (AvgIpc) is 2.56.